The Morgan fingerprint density at radius 2 is 1.97 bits per heavy atom. The van der Waals surface area contributed by atoms with E-state index in [0.29, 0.717) is 29.2 Å². The molecule has 0 radical (unpaired) electrons. The highest BCUT2D eigenvalue weighted by Crippen LogP contribution is 2.22. The molecular weight excluding hydrogens is 410 g/mol. The fraction of sp³-hybridized carbons (Fsp3) is 0.292. The van der Waals surface area contributed by atoms with Gasteiger partial charge >= 0.3 is 0 Å². The Morgan fingerprint density at radius 3 is 2.65 bits per heavy atom. The van der Waals surface area contributed by atoms with Crippen LogP contribution in [0.5, 0.6) is 5.75 Å². The summed E-state index contributed by atoms with van der Waals surface area (Å²) in [7, 11) is 0. The minimum Gasteiger partial charge on any atom is -0.494 e. The number of amides is 2. The third-order valence-electron chi connectivity index (χ3n) is 4.63. The maximum absolute atomic E-state index is 12.8. The molecule has 0 unspecified atom stereocenters. The van der Waals surface area contributed by atoms with Crippen LogP contribution in [0.2, 0.25) is 0 Å². The zero-order chi connectivity index (χ0) is 22.2. The number of hydrogen-bond donors (Lipinski definition) is 1. The van der Waals surface area contributed by atoms with Crippen molar-refractivity contribution < 1.29 is 14.3 Å². The molecule has 2 aromatic carbocycles. The lowest BCUT2D eigenvalue weighted by molar-refractivity contribution is -0.114. The summed E-state index contributed by atoms with van der Waals surface area (Å²) in [4.78, 5) is 29.1. The van der Waals surface area contributed by atoms with Gasteiger partial charge < -0.3 is 14.6 Å². The standard InChI is InChI=1S/C24H27N3O3S/c1-4-6-7-15-30-20-11-8-18(9-12-20)23(29)26-24-27(14-5-2)21-13-10-19(25-17(3)28)16-22(21)31-24/h5,8-13,16H,2,4,6-7,14-15H2,1,3H3,(H,25,28). The second kappa shape index (κ2) is 10.7. The van der Waals surface area contributed by atoms with Crippen LogP contribution in [0.1, 0.15) is 43.5 Å². The van der Waals surface area contributed by atoms with Crippen molar-refractivity contribution in [1.82, 2.24) is 4.57 Å². The van der Waals surface area contributed by atoms with Gasteiger partial charge in [0.25, 0.3) is 5.91 Å². The van der Waals surface area contributed by atoms with E-state index in [0.717, 1.165) is 35.2 Å². The second-order valence-electron chi connectivity index (χ2n) is 7.14. The van der Waals surface area contributed by atoms with E-state index in [2.05, 4.69) is 23.8 Å². The molecule has 0 spiro atoms. The van der Waals surface area contributed by atoms with Crippen LogP contribution in [0.15, 0.2) is 60.1 Å². The zero-order valence-corrected chi connectivity index (χ0v) is 18.7. The highest BCUT2D eigenvalue weighted by Gasteiger charge is 2.10. The topological polar surface area (TPSA) is 72.7 Å². The molecule has 31 heavy (non-hydrogen) atoms. The average Bonchev–Trinajstić information content (AvgIpc) is 3.07. The first-order valence-corrected chi connectivity index (χ1v) is 11.2. The van der Waals surface area contributed by atoms with Gasteiger partial charge in [-0.2, -0.15) is 4.99 Å². The summed E-state index contributed by atoms with van der Waals surface area (Å²) >= 11 is 1.40. The summed E-state index contributed by atoms with van der Waals surface area (Å²) in [6, 6.07) is 12.7. The minimum atomic E-state index is -0.316. The number of ether oxygens (including phenoxy) is 1. The van der Waals surface area contributed by atoms with Crippen molar-refractivity contribution in [3.63, 3.8) is 0 Å². The van der Waals surface area contributed by atoms with Gasteiger partial charge in [0.1, 0.15) is 5.75 Å². The molecule has 0 fully saturated rings. The summed E-state index contributed by atoms with van der Waals surface area (Å²) in [6.45, 7) is 8.63. The average molecular weight is 438 g/mol. The van der Waals surface area contributed by atoms with Crippen LogP contribution in [0, 0.1) is 0 Å². The van der Waals surface area contributed by atoms with Gasteiger partial charge in [-0.3, -0.25) is 9.59 Å². The SMILES string of the molecule is C=CCn1c(=NC(=O)c2ccc(OCCCCC)cc2)sc2cc(NC(C)=O)ccc21. The Kier molecular flexibility index (Phi) is 7.78. The molecule has 0 saturated carbocycles. The van der Waals surface area contributed by atoms with E-state index in [1.807, 2.05) is 22.8 Å². The lowest BCUT2D eigenvalue weighted by atomic mass is 10.2. The van der Waals surface area contributed by atoms with Crippen LogP contribution in [0.4, 0.5) is 5.69 Å². The van der Waals surface area contributed by atoms with Crippen molar-refractivity contribution in [2.24, 2.45) is 4.99 Å². The third kappa shape index (κ3) is 5.92. The van der Waals surface area contributed by atoms with E-state index in [1.165, 1.54) is 18.3 Å². The quantitative estimate of drug-likeness (QED) is 0.371. The van der Waals surface area contributed by atoms with Crippen molar-refractivity contribution in [3.05, 3.63) is 65.5 Å². The Labute approximate surface area is 185 Å². The molecule has 0 aliphatic heterocycles. The van der Waals surface area contributed by atoms with Crippen molar-refractivity contribution in [2.45, 2.75) is 39.7 Å². The van der Waals surface area contributed by atoms with E-state index in [4.69, 9.17) is 4.74 Å². The lowest BCUT2D eigenvalue weighted by Gasteiger charge is -2.06. The summed E-state index contributed by atoms with van der Waals surface area (Å²) < 4.78 is 8.57. The fourth-order valence-corrected chi connectivity index (χ4v) is 4.21. The number of carbonyl (C=O) groups is 2. The first kappa shape index (κ1) is 22.5. The van der Waals surface area contributed by atoms with Crippen molar-refractivity contribution >= 4 is 39.1 Å². The van der Waals surface area contributed by atoms with Crippen molar-refractivity contribution in [2.75, 3.05) is 11.9 Å². The molecular formula is C24H27N3O3S. The largest absolute Gasteiger partial charge is 0.494 e. The van der Waals surface area contributed by atoms with Gasteiger partial charge in [-0.05, 0) is 48.9 Å². The maximum atomic E-state index is 12.8. The van der Waals surface area contributed by atoms with E-state index in [9.17, 15) is 9.59 Å². The molecule has 0 aliphatic carbocycles. The number of thiazole rings is 1. The fourth-order valence-electron chi connectivity index (χ4n) is 3.13. The molecule has 0 aliphatic rings. The number of fused-ring (bicyclic) bond motifs is 1. The molecule has 3 aromatic rings. The summed E-state index contributed by atoms with van der Waals surface area (Å²) in [5.74, 6) is 0.304. The molecule has 1 aromatic heterocycles. The number of rotatable bonds is 9. The van der Waals surface area contributed by atoms with Gasteiger partial charge in [0, 0.05) is 24.7 Å². The van der Waals surface area contributed by atoms with Gasteiger partial charge in [0.05, 0.1) is 16.8 Å². The van der Waals surface area contributed by atoms with Crippen LogP contribution >= 0.6 is 11.3 Å². The van der Waals surface area contributed by atoms with Crippen LogP contribution in [-0.4, -0.2) is 23.0 Å². The van der Waals surface area contributed by atoms with Crippen LogP contribution in [0.25, 0.3) is 10.2 Å². The first-order valence-electron chi connectivity index (χ1n) is 10.4. The monoisotopic (exact) mass is 437 g/mol. The molecule has 0 bridgehead atoms. The van der Waals surface area contributed by atoms with Crippen molar-refractivity contribution in [3.8, 4) is 5.75 Å². The Morgan fingerprint density at radius 1 is 1.19 bits per heavy atom. The number of benzene rings is 2. The highest BCUT2D eigenvalue weighted by atomic mass is 32.1. The number of unbranched alkanes of at least 4 members (excludes halogenated alkanes) is 2. The second-order valence-corrected chi connectivity index (χ2v) is 8.15. The van der Waals surface area contributed by atoms with E-state index in [1.54, 1.807) is 30.3 Å². The van der Waals surface area contributed by atoms with E-state index >= 15 is 0 Å². The summed E-state index contributed by atoms with van der Waals surface area (Å²) in [5.41, 5.74) is 2.14. The molecule has 3 rings (SSSR count). The van der Waals surface area contributed by atoms with Gasteiger partial charge in [0.2, 0.25) is 5.91 Å². The summed E-state index contributed by atoms with van der Waals surface area (Å²) in [5, 5.41) is 2.78. The minimum absolute atomic E-state index is 0.132. The number of hydrogen-bond acceptors (Lipinski definition) is 4. The van der Waals surface area contributed by atoms with Crippen LogP contribution in [-0.2, 0) is 11.3 Å². The Hall–Kier alpha value is -3.19. The van der Waals surface area contributed by atoms with Crippen LogP contribution < -0.4 is 14.9 Å². The summed E-state index contributed by atoms with van der Waals surface area (Å²) in [6.07, 6.45) is 5.07. The molecule has 2 amide bonds. The molecule has 162 valence electrons. The Bertz CT molecular complexity index is 1140. The number of aromatic nitrogens is 1. The van der Waals surface area contributed by atoms with E-state index < -0.39 is 0 Å². The smallest absolute Gasteiger partial charge is 0.279 e. The van der Waals surface area contributed by atoms with Crippen LogP contribution in [0.3, 0.4) is 0 Å². The van der Waals surface area contributed by atoms with Gasteiger partial charge in [-0.15, -0.1) is 6.58 Å². The zero-order valence-electron chi connectivity index (χ0n) is 17.9. The molecule has 1 heterocycles. The predicted octanol–water partition coefficient (Wildman–Crippen LogP) is 5.16. The highest BCUT2D eigenvalue weighted by molar-refractivity contribution is 7.16. The molecule has 0 atom stereocenters. The predicted molar refractivity (Wildman–Crippen MR) is 126 cm³/mol. The lowest BCUT2D eigenvalue weighted by Crippen LogP contribution is -2.16. The molecule has 0 saturated heterocycles. The number of carbonyl (C=O) groups excluding carboxylic acids is 2. The maximum Gasteiger partial charge on any atom is 0.279 e. The first-order chi connectivity index (χ1) is 15.0. The number of nitrogens with zero attached hydrogens (tertiary/aromatic N) is 2. The van der Waals surface area contributed by atoms with Crippen molar-refractivity contribution in [1.29, 1.82) is 0 Å². The van der Waals surface area contributed by atoms with Gasteiger partial charge in [-0.25, -0.2) is 0 Å². The number of allylic oxidation sites excluding steroid dienone is 1. The van der Waals surface area contributed by atoms with Gasteiger partial charge in [0.15, 0.2) is 4.80 Å². The Balaban J connectivity index is 1.86. The number of anilines is 1. The molecule has 1 N–H and O–H groups in total. The normalized spacial score (nSPS) is 11.5. The van der Waals surface area contributed by atoms with Gasteiger partial charge in [-0.1, -0.05) is 37.2 Å². The molecule has 7 heteroatoms. The molecule has 6 nitrogen and oxygen atoms in total. The van der Waals surface area contributed by atoms with E-state index in [-0.39, 0.29) is 11.8 Å². The number of nitrogens with one attached hydrogen (secondary N) is 1. The third-order valence-corrected chi connectivity index (χ3v) is 5.67.